The van der Waals surface area contributed by atoms with Crippen LogP contribution in [0.2, 0.25) is 0 Å². The molecule has 21 heavy (non-hydrogen) atoms. The van der Waals surface area contributed by atoms with Crippen LogP contribution in [0.1, 0.15) is 46.1 Å². The third kappa shape index (κ3) is 3.49. The summed E-state index contributed by atoms with van der Waals surface area (Å²) in [5.41, 5.74) is 3.62. The first-order valence-corrected chi connectivity index (χ1v) is 7.37. The Bertz CT molecular complexity index is 588. The van der Waals surface area contributed by atoms with Gasteiger partial charge in [-0.25, -0.2) is 4.39 Å². The summed E-state index contributed by atoms with van der Waals surface area (Å²) in [7, 11) is 0. The average Bonchev–Trinajstić information content (AvgIpc) is 2.36. The Kier molecular flexibility index (Phi) is 4.18. The van der Waals surface area contributed by atoms with Crippen molar-refractivity contribution in [1.29, 1.82) is 0 Å². The molecule has 0 amide bonds. The van der Waals surface area contributed by atoms with Gasteiger partial charge in [0.2, 0.25) is 0 Å². The number of allylic oxidation sites excluding steroid dienone is 4. The van der Waals surface area contributed by atoms with Crippen LogP contribution >= 0.6 is 0 Å². The highest BCUT2D eigenvalue weighted by molar-refractivity contribution is 5.76. The molecule has 0 heterocycles. The lowest BCUT2D eigenvalue weighted by Gasteiger charge is -2.43. The van der Waals surface area contributed by atoms with Crippen LogP contribution in [0.4, 0.5) is 4.39 Å². The lowest BCUT2D eigenvalue weighted by Crippen LogP contribution is -2.30. The van der Waals surface area contributed by atoms with E-state index in [9.17, 15) is 9.18 Å². The summed E-state index contributed by atoms with van der Waals surface area (Å²) in [4.78, 5) is 10.7. The summed E-state index contributed by atoms with van der Waals surface area (Å²) >= 11 is 0. The normalized spacial score (nSPS) is 20.8. The van der Waals surface area contributed by atoms with Crippen molar-refractivity contribution in [2.75, 3.05) is 0 Å². The number of hydrogen-bond acceptors (Lipinski definition) is 1. The first-order valence-electron chi connectivity index (χ1n) is 7.37. The van der Waals surface area contributed by atoms with Crippen molar-refractivity contribution in [3.63, 3.8) is 0 Å². The minimum absolute atomic E-state index is 0.00895. The van der Waals surface area contributed by atoms with Gasteiger partial charge in [-0.1, -0.05) is 45.9 Å². The van der Waals surface area contributed by atoms with E-state index in [0.29, 0.717) is 0 Å². The molecular weight excluding hydrogens is 263 g/mol. The maximum absolute atomic E-state index is 13.2. The summed E-state index contributed by atoms with van der Waals surface area (Å²) < 4.78 is 13.2. The molecule has 0 saturated heterocycles. The molecule has 2 heteroatoms. The van der Waals surface area contributed by atoms with E-state index in [2.05, 4.69) is 27.7 Å². The third-order valence-electron chi connectivity index (χ3n) is 4.16. The van der Waals surface area contributed by atoms with E-state index >= 15 is 0 Å². The first kappa shape index (κ1) is 15.7. The van der Waals surface area contributed by atoms with Gasteiger partial charge in [-0.15, -0.1) is 0 Å². The molecule has 1 aliphatic carbocycles. The quantitative estimate of drug-likeness (QED) is 0.552. The van der Waals surface area contributed by atoms with Crippen LogP contribution in [0.5, 0.6) is 0 Å². The topological polar surface area (TPSA) is 17.1 Å². The highest BCUT2D eigenvalue weighted by Crippen LogP contribution is 2.52. The van der Waals surface area contributed by atoms with Gasteiger partial charge in [-0.05, 0) is 58.6 Å². The van der Waals surface area contributed by atoms with Crippen LogP contribution in [0.3, 0.4) is 0 Å². The molecule has 0 aromatic heterocycles. The van der Waals surface area contributed by atoms with Crippen LogP contribution in [0.15, 0.2) is 42.0 Å². The lowest BCUT2D eigenvalue weighted by atomic mass is 9.61. The van der Waals surface area contributed by atoms with E-state index in [1.165, 1.54) is 23.3 Å². The molecule has 0 fully saturated rings. The Hall–Kier alpha value is -1.70. The van der Waals surface area contributed by atoms with Gasteiger partial charge in [-0.3, -0.25) is 4.79 Å². The van der Waals surface area contributed by atoms with Gasteiger partial charge in [-0.2, -0.15) is 0 Å². The predicted octanol–water partition coefficient (Wildman–Crippen LogP) is 5.18. The molecule has 0 saturated carbocycles. The molecular formula is C19H23FO. The van der Waals surface area contributed by atoms with Gasteiger partial charge in [0.25, 0.3) is 0 Å². The zero-order chi connectivity index (χ0) is 15.7. The molecule has 1 aromatic carbocycles. The minimum Gasteiger partial charge on any atom is -0.299 e. The SMILES string of the molecule is CC1(C)CC(c2ccc(F)cc2)=C(C=CC=O)C(C)(C)C1. The Morgan fingerprint density at radius 2 is 1.71 bits per heavy atom. The molecule has 0 aliphatic heterocycles. The fourth-order valence-corrected chi connectivity index (χ4v) is 3.71. The van der Waals surface area contributed by atoms with Crippen LogP contribution < -0.4 is 0 Å². The van der Waals surface area contributed by atoms with Crippen LogP contribution in [-0.2, 0) is 4.79 Å². The van der Waals surface area contributed by atoms with Gasteiger partial charge < -0.3 is 0 Å². The molecule has 0 N–H and O–H groups in total. The Balaban J connectivity index is 2.61. The van der Waals surface area contributed by atoms with Gasteiger partial charge in [0, 0.05) is 0 Å². The number of rotatable bonds is 3. The number of hydrogen-bond donors (Lipinski definition) is 0. The van der Waals surface area contributed by atoms with Crippen LogP contribution in [0, 0.1) is 16.6 Å². The Morgan fingerprint density at radius 3 is 2.29 bits per heavy atom. The zero-order valence-corrected chi connectivity index (χ0v) is 13.2. The van der Waals surface area contributed by atoms with Crippen LogP contribution in [0.25, 0.3) is 5.57 Å². The van der Waals surface area contributed by atoms with E-state index in [4.69, 9.17) is 0 Å². The molecule has 0 radical (unpaired) electrons. The smallest absolute Gasteiger partial charge is 0.142 e. The molecule has 1 aliphatic rings. The van der Waals surface area contributed by atoms with Crippen molar-refractivity contribution in [1.82, 2.24) is 0 Å². The van der Waals surface area contributed by atoms with Crippen molar-refractivity contribution in [3.8, 4) is 0 Å². The number of halogens is 1. The summed E-state index contributed by atoms with van der Waals surface area (Å²) in [6, 6.07) is 6.66. The van der Waals surface area contributed by atoms with Crippen molar-refractivity contribution in [2.45, 2.75) is 40.5 Å². The van der Waals surface area contributed by atoms with Gasteiger partial charge in [0.1, 0.15) is 12.1 Å². The summed E-state index contributed by atoms with van der Waals surface area (Å²) in [6.07, 6.45) is 6.27. The second-order valence-corrected chi connectivity index (χ2v) is 7.30. The van der Waals surface area contributed by atoms with Crippen molar-refractivity contribution in [2.24, 2.45) is 10.8 Å². The molecule has 0 spiro atoms. The number of carbonyl (C=O) groups is 1. The molecule has 0 unspecified atom stereocenters. The molecule has 0 atom stereocenters. The zero-order valence-electron chi connectivity index (χ0n) is 13.2. The summed E-state index contributed by atoms with van der Waals surface area (Å²) in [5, 5.41) is 0. The monoisotopic (exact) mass is 286 g/mol. The van der Waals surface area contributed by atoms with E-state index in [1.807, 2.05) is 18.2 Å². The van der Waals surface area contributed by atoms with Crippen molar-refractivity contribution in [3.05, 3.63) is 53.4 Å². The van der Waals surface area contributed by atoms with Crippen molar-refractivity contribution >= 4 is 11.9 Å². The minimum atomic E-state index is -0.223. The first-order chi connectivity index (χ1) is 9.75. The fraction of sp³-hybridized carbons (Fsp3) is 0.421. The standard InChI is InChI=1S/C19H23FO/c1-18(2)12-16(14-7-9-15(20)10-8-14)17(6-5-11-21)19(3,4)13-18/h5-11H,12-13H2,1-4H3. The number of benzene rings is 1. The van der Waals surface area contributed by atoms with Gasteiger partial charge >= 0.3 is 0 Å². The van der Waals surface area contributed by atoms with E-state index in [1.54, 1.807) is 6.08 Å². The van der Waals surface area contributed by atoms with E-state index < -0.39 is 0 Å². The third-order valence-corrected chi connectivity index (χ3v) is 4.16. The lowest BCUT2D eigenvalue weighted by molar-refractivity contribution is -0.104. The number of carbonyl (C=O) groups excluding carboxylic acids is 1. The largest absolute Gasteiger partial charge is 0.299 e. The van der Waals surface area contributed by atoms with Gasteiger partial charge in [0.15, 0.2) is 0 Å². The van der Waals surface area contributed by atoms with E-state index in [-0.39, 0.29) is 16.6 Å². The van der Waals surface area contributed by atoms with Crippen molar-refractivity contribution < 1.29 is 9.18 Å². The highest BCUT2D eigenvalue weighted by Gasteiger charge is 2.38. The summed E-state index contributed by atoms with van der Waals surface area (Å²) in [6.45, 7) is 8.95. The Morgan fingerprint density at radius 1 is 1.10 bits per heavy atom. The Labute approximate surface area is 126 Å². The average molecular weight is 286 g/mol. The number of aldehydes is 1. The molecule has 0 bridgehead atoms. The van der Waals surface area contributed by atoms with E-state index in [0.717, 1.165) is 24.7 Å². The fourth-order valence-electron chi connectivity index (χ4n) is 3.71. The summed E-state index contributed by atoms with van der Waals surface area (Å²) in [5.74, 6) is -0.223. The maximum Gasteiger partial charge on any atom is 0.142 e. The maximum atomic E-state index is 13.2. The second-order valence-electron chi connectivity index (χ2n) is 7.30. The molecule has 2 rings (SSSR count). The predicted molar refractivity (Wildman–Crippen MR) is 85.3 cm³/mol. The van der Waals surface area contributed by atoms with Gasteiger partial charge in [0.05, 0.1) is 0 Å². The van der Waals surface area contributed by atoms with Crippen LogP contribution in [-0.4, -0.2) is 6.29 Å². The molecule has 112 valence electrons. The molecule has 1 nitrogen and oxygen atoms in total. The second kappa shape index (κ2) is 5.59. The highest BCUT2D eigenvalue weighted by atomic mass is 19.1. The molecule has 1 aromatic rings.